The summed E-state index contributed by atoms with van der Waals surface area (Å²) < 4.78 is 21.2. The minimum atomic E-state index is -0.381. The van der Waals surface area contributed by atoms with E-state index in [1.807, 2.05) is 0 Å². The summed E-state index contributed by atoms with van der Waals surface area (Å²) in [7, 11) is 0. The lowest BCUT2D eigenvalue weighted by Crippen LogP contribution is -2.14. The molecule has 5 nitrogen and oxygen atoms in total. The van der Waals surface area contributed by atoms with Gasteiger partial charge in [0.05, 0.1) is 33.0 Å². The average molecular weight is 359 g/mol. The highest BCUT2D eigenvalue weighted by molar-refractivity contribution is 5.86. The largest absolute Gasteiger partial charge is 0.460 e. The molecule has 0 unspecified atom stereocenters. The van der Waals surface area contributed by atoms with E-state index in [-0.39, 0.29) is 12.6 Å². The second-order valence-corrected chi connectivity index (χ2v) is 6.23. The van der Waals surface area contributed by atoms with Crippen molar-refractivity contribution in [3.63, 3.8) is 0 Å². The summed E-state index contributed by atoms with van der Waals surface area (Å²) in [5.74, 6) is -0.381. The molecule has 25 heavy (non-hydrogen) atoms. The van der Waals surface area contributed by atoms with Crippen LogP contribution in [0, 0.1) is 0 Å². The first-order valence-electron chi connectivity index (χ1n) is 9.74. The zero-order chi connectivity index (χ0) is 18.6. The van der Waals surface area contributed by atoms with Crippen molar-refractivity contribution in [2.45, 2.75) is 65.2 Å². The average Bonchev–Trinajstić information content (AvgIpc) is 2.60. The summed E-state index contributed by atoms with van der Waals surface area (Å²) in [6.45, 7) is 11.0. The Morgan fingerprint density at radius 2 is 1.12 bits per heavy atom. The molecule has 0 atom stereocenters. The van der Waals surface area contributed by atoms with Gasteiger partial charge in [-0.1, -0.05) is 58.4 Å². The predicted molar refractivity (Wildman–Crippen MR) is 101 cm³/mol. The van der Waals surface area contributed by atoms with Gasteiger partial charge in [-0.05, 0) is 13.3 Å². The van der Waals surface area contributed by atoms with E-state index in [9.17, 15) is 4.79 Å². The number of unbranched alkanes of at least 4 members (excludes halogenated alkanes) is 7. The standard InChI is InChI=1S/C20H38O5/c1-4-5-6-7-8-9-10-11-12-22-13-14-23-15-16-24-17-18-25-20(21)19(2)3/h2,4-18H2,1,3H3. The van der Waals surface area contributed by atoms with E-state index >= 15 is 0 Å². The molecule has 0 fully saturated rings. The van der Waals surface area contributed by atoms with Crippen LogP contribution in [0.4, 0.5) is 0 Å². The van der Waals surface area contributed by atoms with E-state index < -0.39 is 0 Å². The molecule has 0 bridgehead atoms. The van der Waals surface area contributed by atoms with Crippen LogP contribution in [0.2, 0.25) is 0 Å². The van der Waals surface area contributed by atoms with E-state index in [1.165, 1.54) is 44.9 Å². The minimum absolute atomic E-state index is 0.243. The van der Waals surface area contributed by atoms with Crippen LogP contribution in [0.1, 0.15) is 65.2 Å². The summed E-state index contributed by atoms with van der Waals surface area (Å²) in [5, 5.41) is 0. The highest BCUT2D eigenvalue weighted by Crippen LogP contribution is 2.08. The Balaban J connectivity index is 3.05. The van der Waals surface area contributed by atoms with Crippen LogP contribution in [0.5, 0.6) is 0 Å². The maximum atomic E-state index is 11.1. The molecule has 0 saturated heterocycles. The zero-order valence-corrected chi connectivity index (χ0v) is 16.4. The highest BCUT2D eigenvalue weighted by atomic mass is 16.6. The molecule has 0 amide bonds. The molecule has 5 heteroatoms. The molecule has 0 aliphatic rings. The third-order valence-corrected chi connectivity index (χ3v) is 3.70. The lowest BCUT2D eigenvalue weighted by atomic mass is 10.1. The van der Waals surface area contributed by atoms with Crippen LogP contribution in [0.3, 0.4) is 0 Å². The number of rotatable bonds is 19. The molecule has 0 radical (unpaired) electrons. The van der Waals surface area contributed by atoms with Gasteiger partial charge in [0, 0.05) is 12.2 Å². The quantitative estimate of drug-likeness (QED) is 0.196. The molecule has 0 spiro atoms. The fourth-order valence-corrected chi connectivity index (χ4v) is 2.20. The van der Waals surface area contributed by atoms with Gasteiger partial charge in [-0.3, -0.25) is 0 Å². The first-order chi connectivity index (χ1) is 12.2. The summed E-state index contributed by atoms with van der Waals surface area (Å²) >= 11 is 0. The SMILES string of the molecule is C=C(C)C(=O)OCCOCCOCCOCCCCCCCCCC. The molecule has 0 saturated carbocycles. The molecular formula is C20H38O5. The second-order valence-electron chi connectivity index (χ2n) is 6.23. The molecular weight excluding hydrogens is 320 g/mol. The van der Waals surface area contributed by atoms with Gasteiger partial charge in [0.1, 0.15) is 6.61 Å². The molecule has 0 aliphatic carbocycles. The van der Waals surface area contributed by atoms with Crippen LogP contribution >= 0.6 is 0 Å². The van der Waals surface area contributed by atoms with Crippen molar-refractivity contribution in [1.82, 2.24) is 0 Å². The van der Waals surface area contributed by atoms with Crippen molar-refractivity contribution >= 4 is 5.97 Å². The minimum Gasteiger partial charge on any atom is -0.460 e. The number of hydrogen-bond acceptors (Lipinski definition) is 5. The van der Waals surface area contributed by atoms with Crippen molar-refractivity contribution in [1.29, 1.82) is 0 Å². The Morgan fingerprint density at radius 3 is 1.64 bits per heavy atom. The van der Waals surface area contributed by atoms with Crippen molar-refractivity contribution in [3.05, 3.63) is 12.2 Å². The van der Waals surface area contributed by atoms with Crippen molar-refractivity contribution < 1.29 is 23.7 Å². The van der Waals surface area contributed by atoms with Crippen molar-refractivity contribution in [3.8, 4) is 0 Å². The fourth-order valence-electron chi connectivity index (χ4n) is 2.20. The Bertz CT molecular complexity index is 317. The smallest absolute Gasteiger partial charge is 0.333 e. The fraction of sp³-hybridized carbons (Fsp3) is 0.850. The molecule has 0 aromatic heterocycles. The number of esters is 1. The number of hydrogen-bond donors (Lipinski definition) is 0. The first kappa shape index (κ1) is 24.1. The van der Waals surface area contributed by atoms with Gasteiger partial charge in [-0.25, -0.2) is 4.79 Å². The molecule has 0 aromatic rings. The molecule has 0 aromatic carbocycles. The maximum Gasteiger partial charge on any atom is 0.333 e. The number of ether oxygens (including phenoxy) is 4. The van der Waals surface area contributed by atoms with Gasteiger partial charge in [0.2, 0.25) is 0 Å². The molecule has 0 heterocycles. The van der Waals surface area contributed by atoms with Gasteiger partial charge >= 0.3 is 5.97 Å². The van der Waals surface area contributed by atoms with Gasteiger partial charge in [-0.15, -0.1) is 0 Å². The van der Waals surface area contributed by atoms with E-state index in [2.05, 4.69) is 13.5 Å². The van der Waals surface area contributed by atoms with E-state index in [0.717, 1.165) is 13.0 Å². The summed E-state index contributed by atoms with van der Waals surface area (Å²) in [5.41, 5.74) is 0.398. The van der Waals surface area contributed by atoms with Crippen LogP contribution in [0.15, 0.2) is 12.2 Å². The molecule has 0 aliphatic heterocycles. The third kappa shape index (κ3) is 19.3. The lowest BCUT2D eigenvalue weighted by molar-refractivity contribution is -0.140. The Labute approximate surface area is 154 Å². The topological polar surface area (TPSA) is 54.0 Å². The van der Waals surface area contributed by atoms with Crippen LogP contribution in [0.25, 0.3) is 0 Å². The highest BCUT2D eigenvalue weighted by Gasteiger charge is 2.01. The Morgan fingerprint density at radius 1 is 0.680 bits per heavy atom. The predicted octanol–water partition coefficient (Wildman–Crippen LogP) is 4.30. The van der Waals surface area contributed by atoms with Gasteiger partial charge in [0.15, 0.2) is 0 Å². The lowest BCUT2D eigenvalue weighted by Gasteiger charge is -2.07. The van der Waals surface area contributed by atoms with E-state index in [1.54, 1.807) is 6.92 Å². The number of carbonyl (C=O) groups is 1. The summed E-state index contributed by atoms with van der Waals surface area (Å²) in [4.78, 5) is 11.1. The van der Waals surface area contributed by atoms with Crippen LogP contribution < -0.4 is 0 Å². The van der Waals surface area contributed by atoms with Gasteiger partial charge < -0.3 is 18.9 Å². The zero-order valence-electron chi connectivity index (χ0n) is 16.4. The van der Waals surface area contributed by atoms with Crippen molar-refractivity contribution in [2.75, 3.05) is 46.2 Å². The van der Waals surface area contributed by atoms with Gasteiger partial charge in [0.25, 0.3) is 0 Å². The number of carbonyl (C=O) groups excluding carboxylic acids is 1. The van der Waals surface area contributed by atoms with Crippen LogP contribution in [-0.2, 0) is 23.7 Å². The Hall–Kier alpha value is -0.910. The monoisotopic (exact) mass is 358 g/mol. The molecule has 0 rings (SSSR count). The second kappa shape index (κ2) is 19.4. The first-order valence-corrected chi connectivity index (χ1v) is 9.74. The maximum absolute atomic E-state index is 11.1. The third-order valence-electron chi connectivity index (χ3n) is 3.70. The van der Waals surface area contributed by atoms with E-state index in [0.29, 0.717) is 38.6 Å². The van der Waals surface area contributed by atoms with Crippen LogP contribution in [-0.4, -0.2) is 52.2 Å². The van der Waals surface area contributed by atoms with E-state index in [4.69, 9.17) is 18.9 Å². The molecule has 148 valence electrons. The summed E-state index contributed by atoms with van der Waals surface area (Å²) in [6.07, 6.45) is 10.5. The van der Waals surface area contributed by atoms with Gasteiger partial charge in [-0.2, -0.15) is 0 Å². The summed E-state index contributed by atoms with van der Waals surface area (Å²) in [6, 6.07) is 0. The Kier molecular flexibility index (Phi) is 18.7. The molecule has 0 N–H and O–H groups in total. The van der Waals surface area contributed by atoms with Crippen molar-refractivity contribution in [2.24, 2.45) is 0 Å². The normalized spacial score (nSPS) is 10.8.